The van der Waals surface area contributed by atoms with Crippen LogP contribution in [-0.4, -0.2) is 26.3 Å². The number of rotatable bonds is 2. The zero-order valence-electron chi connectivity index (χ0n) is 9.99. The van der Waals surface area contributed by atoms with E-state index in [2.05, 4.69) is 15.2 Å². The van der Waals surface area contributed by atoms with Gasteiger partial charge >= 0.3 is 5.97 Å². The Kier molecular flexibility index (Phi) is 2.49. The van der Waals surface area contributed by atoms with Crippen molar-refractivity contribution in [2.24, 2.45) is 0 Å². The van der Waals surface area contributed by atoms with Gasteiger partial charge in [0.2, 0.25) is 0 Å². The molecule has 0 radical (unpaired) electrons. The summed E-state index contributed by atoms with van der Waals surface area (Å²) in [5.74, 6) is -1.08. The number of aromatic carboxylic acids is 1. The van der Waals surface area contributed by atoms with Crippen LogP contribution in [-0.2, 0) is 0 Å². The molecule has 94 valence electrons. The summed E-state index contributed by atoms with van der Waals surface area (Å²) in [4.78, 5) is 14.9. The lowest BCUT2D eigenvalue weighted by atomic mass is 10.1. The summed E-state index contributed by atoms with van der Waals surface area (Å²) >= 11 is 0. The zero-order valence-corrected chi connectivity index (χ0v) is 9.99. The van der Waals surface area contributed by atoms with Crippen molar-refractivity contribution in [1.29, 1.82) is 0 Å². The fraction of sp³-hybridized carbons (Fsp3) is 0.0769. The van der Waals surface area contributed by atoms with E-state index in [1.165, 1.54) is 6.39 Å². The number of hydrogen-bond donors (Lipinski definition) is 1. The summed E-state index contributed by atoms with van der Waals surface area (Å²) in [5, 5.41) is 16.6. The van der Waals surface area contributed by atoms with Gasteiger partial charge in [0.1, 0.15) is 5.52 Å². The van der Waals surface area contributed by atoms with Gasteiger partial charge in [-0.15, -0.1) is 10.2 Å². The molecule has 3 rings (SSSR count). The van der Waals surface area contributed by atoms with Crippen molar-refractivity contribution >= 4 is 17.1 Å². The summed E-state index contributed by atoms with van der Waals surface area (Å²) < 4.78 is 5.22. The Morgan fingerprint density at radius 2 is 2.11 bits per heavy atom. The molecular formula is C13H9N3O3. The maximum atomic E-state index is 10.9. The molecule has 0 unspecified atom stereocenters. The minimum atomic E-state index is -1.08. The Morgan fingerprint density at radius 3 is 2.84 bits per heavy atom. The largest absolute Gasteiger partial charge is 0.476 e. The van der Waals surface area contributed by atoms with Gasteiger partial charge in [-0.3, -0.25) is 0 Å². The third kappa shape index (κ3) is 1.93. The number of hydrogen-bond acceptors (Lipinski definition) is 5. The van der Waals surface area contributed by atoms with Gasteiger partial charge in [-0.2, -0.15) is 0 Å². The molecule has 6 heteroatoms. The summed E-state index contributed by atoms with van der Waals surface area (Å²) in [5.41, 5.74) is 3.34. The molecule has 0 fully saturated rings. The van der Waals surface area contributed by atoms with Crippen LogP contribution in [0.25, 0.3) is 22.4 Å². The minimum absolute atomic E-state index is 0.0375. The average molecular weight is 255 g/mol. The van der Waals surface area contributed by atoms with Crippen molar-refractivity contribution in [3.8, 4) is 11.3 Å². The molecule has 0 aliphatic carbocycles. The van der Waals surface area contributed by atoms with E-state index in [9.17, 15) is 4.79 Å². The van der Waals surface area contributed by atoms with Gasteiger partial charge in [0.15, 0.2) is 17.7 Å². The number of aryl methyl sites for hydroxylation is 1. The third-order valence-corrected chi connectivity index (χ3v) is 2.81. The van der Waals surface area contributed by atoms with Crippen LogP contribution in [0.2, 0.25) is 0 Å². The van der Waals surface area contributed by atoms with Crippen molar-refractivity contribution in [3.63, 3.8) is 0 Å². The molecular weight excluding hydrogens is 246 g/mol. The molecule has 0 atom stereocenters. The number of fused-ring (bicyclic) bond motifs is 1. The monoisotopic (exact) mass is 255 g/mol. The van der Waals surface area contributed by atoms with Crippen molar-refractivity contribution in [2.75, 3.05) is 0 Å². The van der Waals surface area contributed by atoms with E-state index in [1.807, 2.05) is 12.1 Å². The van der Waals surface area contributed by atoms with Gasteiger partial charge in [-0.25, -0.2) is 9.78 Å². The van der Waals surface area contributed by atoms with E-state index < -0.39 is 5.97 Å². The Bertz CT molecular complexity index is 780. The van der Waals surface area contributed by atoms with Crippen LogP contribution in [0.15, 0.2) is 35.1 Å². The van der Waals surface area contributed by atoms with Gasteiger partial charge in [0, 0.05) is 5.56 Å². The standard InChI is InChI=1S/C13H9N3O3/c1-7-4-10(15-16-12(7)13(17)18)8-2-3-9-11(5-8)19-6-14-9/h2-6H,1H3,(H,17,18). The van der Waals surface area contributed by atoms with Crippen LogP contribution in [0, 0.1) is 6.92 Å². The number of carboxylic acids is 1. The normalized spacial score (nSPS) is 10.8. The second-order valence-corrected chi connectivity index (χ2v) is 4.10. The molecule has 19 heavy (non-hydrogen) atoms. The van der Waals surface area contributed by atoms with Crippen molar-refractivity contribution < 1.29 is 14.3 Å². The molecule has 0 bridgehead atoms. The molecule has 1 aromatic carbocycles. The van der Waals surface area contributed by atoms with Crippen molar-refractivity contribution in [1.82, 2.24) is 15.2 Å². The van der Waals surface area contributed by atoms with Crippen LogP contribution >= 0.6 is 0 Å². The van der Waals surface area contributed by atoms with E-state index in [-0.39, 0.29) is 5.69 Å². The molecule has 0 spiro atoms. The topological polar surface area (TPSA) is 89.1 Å². The maximum absolute atomic E-state index is 10.9. The first-order chi connectivity index (χ1) is 9.15. The predicted molar refractivity (Wildman–Crippen MR) is 66.7 cm³/mol. The third-order valence-electron chi connectivity index (χ3n) is 2.81. The van der Waals surface area contributed by atoms with Crippen LogP contribution < -0.4 is 0 Å². The fourth-order valence-electron chi connectivity index (χ4n) is 1.85. The highest BCUT2D eigenvalue weighted by atomic mass is 16.4. The second kappa shape index (κ2) is 4.16. The molecule has 0 aliphatic heterocycles. The smallest absolute Gasteiger partial charge is 0.356 e. The number of benzene rings is 1. The quantitative estimate of drug-likeness (QED) is 0.755. The summed E-state index contributed by atoms with van der Waals surface area (Å²) in [6.45, 7) is 1.69. The highest BCUT2D eigenvalue weighted by Gasteiger charge is 2.12. The lowest BCUT2D eigenvalue weighted by Gasteiger charge is -2.03. The molecule has 2 aromatic heterocycles. The predicted octanol–water partition coefficient (Wildman–Crippen LogP) is 2.29. The number of nitrogens with zero attached hydrogens (tertiary/aromatic N) is 3. The van der Waals surface area contributed by atoms with Gasteiger partial charge in [-0.05, 0) is 30.7 Å². The van der Waals surface area contributed by atoms with Crippen LogP contribution in [0.3, 0.4) is 0 Å². The first-order valence-corrected chi connectivity index (χ1v) is 5.56. The van der Waals surface area contributed by atoms with E-state index >= 15 is 0 Å². The number of carboxylic acid groups (broad SMARTS) is 1. The zero-order chi connectivity index (χ0) is 13.4. The Balaban J connectivity index is 2.10. The Morgan fingerprint density at radius 1 is 1.26 bits per heavy atom. The summed E-state index contributed by atoms with van der Waals surface area (Å²) in [7, 11) is 0. The van der Waals surface area contributed by atoms with Gasteiger partial charge < -0.3 is 9.52 Å². The number of carbonyl (C=O) groups is 1. The molecule has 2 heterocycles. The highest BCUT2D eigenvalue weighted by Crippen LogP contribution is 2.23. The van der Waals surface area contributed by atoms with Gasteiger partial charge in [0.25, 0.3) is 0 Å². The van der Waals surface area contributed by atoms with E-state index in [0.29, 0.717) is 16.8 Å². The maximum Gasteiger partial charge on any atom is 0.356 e. The van der Waals surface area contributed by atoms with Crippen molar-refractivity contribution in [2.45, 2.75) is 6.92 Å². The van der Waals surface area contributed by atoms with Gasteiger partial charge in [0.05, 0.1) is 5.69 Å². The van der Waals surface area contributed by atoms with Crippen LogP contribution in [0.4, 0.5) is 0 Å². The Labute approximate surface area is 107 Å². The molecule has 1 N–H and O–H groups in total. The van der Waals surface area contributed by atoms with Gasteiger partial charge in [-0.1, -0.05) is 6.07 Å². The number of aromatic nitrogens is 3. The lowest BCUT2D eigenvalue weighted by Crippen LogP contribution is -2.05. The Hall–Kier alpha value is -2.76. The van der Waals surface area contributed by atoms with Crippen molar-refractivity contribution in [3.05, 3.63) is 41.9 Å². The van der Waals surface area contributed by atoms with Crippen LogP contribution in [0.5, 0.6) is 0 Å². The first-order valence-electron chi connectivity index (χ1n) is 5.56. The summed E-state index contributed by atoms with van der Waals surface area (Å²) in [6, 6.07) is 7.14. The highest BCUT2D eigenvalue weighted by molar-refractivity contribution is 5.87. The SMILES string of the molecule is Cc1cc(-c2ccc3ncoc3c2)nnc1C(=O)O. The first kappa shape index (κ1) is 11.3. The van der Waals surface area contributed by atoms with E-state index in [1.54, 1.807) is 19.1 Å². The number of oxazole rings is 1. The average Bonchev–Trinajstić information content (AvgIpc) is 2.85. The second-order valence-electron chi connectivity index (χ2n) is 4.10. The molecule has 0 aliphatic rings. The molecule has 0 saturated heterocycles. The van der Waals surface area contributed by atoms with E-state index in [4.69, 9.17) is 9.52 Å². The van der Waals surface area contributed by atoms with Crippen LogP contribution in [0.1, 0.15) is 16.1 Å². The van der Waals surface area contributed by atoms with E-state index in [0.717, 1.165) is 11.1 Å². The summed E-state index contributed by atoms with van der Waals surface area (Å²) in [6.07, 6.45) is 1.37. The molecule has 0 amide bonds. The molecule has 0 saturated carbocycles. The lowest BCUT2D eigenvalue weighted by molar-refractivity contribution is 0.0688. The fourth-order valence-corrected chi connectivity index (χ4v) is 1.85. The molecule has 3 aromatic rings. The minimum Gasteiger partial charge on any atom is -0.476 e. The molecule has 6 nitrogen and oxygen atoms in total.